The molecule has 1 unspecified atom stereocenters. The van der Waals surface area contributed by atoms with E-state index in [2.05, 4.69) is 10.2 Å². The first-order valence-electron chi connectivity index (χ1n) is 10.6. The van der Waals surface area contributed by atoms with E-state index in [4.69, 9.17) is 14.6 Å². The predicted octanol–water partition coefficient (Wildman–Crippen LogP) is 0.722. The Hall–Kier alpha value is -2.65. The SMILES string of the molecule is COc1ccc(CN2CCN(C(=O)C(CC(C)C)NC(=O)[C@@H]3O[C@H]3C(=O)O)CC2)cc1. The van der Waals surface area contributed by atoms with Crippen LogP contribution in [0.15, 0.2) is 24.3 Å². The quantitative estimate of drug-likeness (QED) is 0.552. The summed E-state index contributed by atoms with van der Waals surface area (Å²) in [7, 11) is 1.64. The second kappa shape index (κ2) is 10.1. The van der Waals surface area contributed by atoms with Gasteiger partial charge in [0.05, 0.1) is 7.11 Å². The van der Waals surface area contributed by atoms with Crippen molar-refractivity contribution in [3.63, 3.8) is 0 Å². The van der Waals surface area contributed by atoms with Crippen molar-refractivity contribution in [2.24, 2.45) is 5.92 Å². The number of carboxylic acid groups (broad SMARTS) is 1. The van der Waals surface area contributed by atoms with Gasteiger partial charge in [0.1, 0.15) is 11.8 Å². The van der Waals surface area contributed by atoms with Crippen molar-refractivity contribution in [2.45, 2.75) is 45.1 Å². The molecular formula is C22H31N3O6. The summed E-state index contributed by atoms with van der Waals surface area (Å²) in [6, 6.07) is 7.27. The number of ether oxygens (including phenoxy) is 2. The van der Waals surface area contributed by atoms with Crippen LogP contribution in [-0.2, 0) is 25.7 Å². The van der Waals surface area contributed by atoms with E-state index in [1.807, 2.05) is 38.1 Å². The molecule has 0 saturated carbocycles. The van der Waals surface area contributed by atoms with E-state index in [1.165, 1.54) is 5.56 Å². The third-order valence-corrected chi connectivity index (χ3v) is 5.56. The summed E-state index contributed by atoms with van der Waals surface area (Å²) < 4.78 is 10.1. The minimum Gasteiger partial charge on any atom is -0.497 e. The molecule has 0 bridgehead atoms. The highest BCUT2D eigenvalue weighted by Crippen LogP contribution is 2.23. The van der Waals surface area contributed by atoms with Crippen LogP contribution < -0.4 is 10.1 Å². The van der Waals surface area contributed by atoms with Crippen molar-refractivity contribution < 1.29 is 29.0 Å². The molecular weight excluding hydrogens is 402 g/mol. The summed E-state index contributed by atoms with van der Waals surface area (Å²) in [5.74, 6) is -0.812. The van der Waals surface area contributed by atoms with Crippen LogP contribution >= 0.6 is 0 Å². The first-order valence-corrected chi connectivity index (χ1v) is 10.6. The molecule has 2 saturated heterocycles. The van der Waals surface area contributed by atoms with Crippen molar-refractivity contribution in [1.82, 2.24) is 15.1 Å². The zero-order valence-corrected chi connectivity index (χ0v) is 18.2. The summed E-state index contributed by atoms with van der Waals surface area (Å²) in [5.41, 5.74) is 1.18. The molecule has 2 N–H and O–H groups in total. The van der Waals surface area contributed by atoms with Gasteiger partial charge < -0.3 is 24.8 Å². The van der Waals surface area contributed by atoms with Crippen LogP contribution in [0.5, 0.6) is 5.75 Å². The minimum absolute atomic E-state index is 0.126. The summed E-state index contributed by atoms with van der Waals surface area (Å²) in [6.45, 7) is 7.40. The third kappa shape index (κ3) is 6.18. The molecule has 3 atom stereocenters. The number of nitrogens with one attached hydrogen (secondary N) is 1. The average Bonchev–Trinajstić information content (AvgIpc) is 3.55. The fourth-order valence-electron chi connectivity index (χ4n) is 3.78. The molecule has 2 aliphatic heterocycles. The zero-order chi connectivity index (χ0) is 22.5. The van der Waals surface area contributed by atoms with E-state index in [-0.39, 0.29) is 11.8 Å². The van der Waals surface area contributed by atoms with Crippen LogP contribution in [0.2, 0.25) is 0 Å². The first kappa shape index (κ1) is 23.0. The number of methoxy groups -OCH3 is 1. The van der Waals surface area contributed by atoms with Gasteiger partial charge in [-0.1, -0.05) is 26.0 Å². The molecule has 3 rings (SSSR count). The highest BCUT2D eigenvalue weighted by Gasteiger charge is 2.51. The number of benzene rings is 1. The van der Waals surface area contributed by atoms with Crippen molar-refractivity contribution in [3.05, 3.63) is 29.8 Å². The molecule has 2 aliphatic rings. The van der Waals surface area contributed by atoms with Gasteiger partial charge in [0.15, 0.2) is 12.2 Å². The maximum atomic E-state index is 13.1. The monoisotopic (exact) mass is 433 g/mol. The van der Waals surface area contributed by atoms with Gasteiger partial charge in [-0.2, -0.15) is 0 Å². The van der Waals surface area contributed by atoms with Crippen molar-refractivity contribution in [1.29, 1.82) is 0 Å². The van der Waals surface area contributed by atoms with E-state index in [0.29, 0.717) is 19.5 Å². The number of amides is 2. The van der Waals surface area contributed by atoms with Gasteiger partial charge in [0.25, 0.3) is 5.91 Å². The molecule has 0 radical (unpaired) electrons. The van der Waals surface area contributed by atoms with Crippen LogP contribution in [0.4, 0.5) is 0 Å². The van der Waals surface area contributed by atoms with E-state index in [1.54, 1.807) is 12.0 Å². The smallest absolute Gasteiger partial charge is 0.336 e. The minimum atomic E-state index is -1.17. The van der Waals surface area contributed by atoms with Crippen molar-refractivity contribution in [3.8, 4) is 5.75 Å². The largest absolute Gasteiger partial charge is 0.497 e. The molecule has 170 valence electrons. The molecule has 1 aromatic carbocycles. The normalized spacial score (nSPS) is 22.1. The van der Waals surface area contributed by atoms with Crippen LogP contribution in [0.25, 0.3) is 0 Å². The molecule has 9 nitrogen and oxygen atoms in total. The Bertz CT molecular complexity index is 789. The molecule has 1 aromatic rings. The van der Waals surface area contributed by atoms with Gasteiger partial charge in [-0.05, 0) is 30.0 Å². The molecule has 2 amide bonds. The molecule has 2 heterocycles. The number of aliphatic carboxylic acids is 1. The van der Waals surface area contributed by atoms with Gasteiger partial charge in [-0.25, -0.2) is 4.79 Å². The van der Waals surface area contributed by atoms with Gasteiger partial charge in [0.2, 0.25) is 5.91 Å². The number of hydrogen-bond acceptors (Lipinski definition) is 6. The third-order valence-electron chi connectivity index (χ3n) is 5.56. The predicted molar refractivity (Wildman–Crippen MR) is 113 cm³/mol. The maximum Gasteiger partial charge on any atom is 0.336 e. The standard InChI is InChI=1S/C22H31N3O6/c1-14(2)12-17(23-20(26)18-19(31-18)22(28)29)21(27)25-10-8-24(9-11-25)13-15-4-6-16(30-3)7-5-15/h4-7,14,17-19H,8-13H2,1-3H3,(H,23,26)(H,28,29)/t17?,18-,19-/m1/s1. The summed E-state index contributed by atoms with van der Waals surface area (Å²) in [6.07, 6.45) is -1.64. The van der Waals surface area contributed by atoms with Crippen molar-refractivity contribution >= 4 is 17.8 Å². The highest BCUT2D eigenvalue weighted by atomic mass is 16.6. The Labute approximate surface area is 182 Å². The number of carbonyl (C=O) groups excluding carboxylic acids is 2. The fourth-order valence-corrected chi connectivity index (χ4v) is 3.78. The van der Waals surface area contributed by atoms with E-state index in [0.717, 1.165) is 25.4 Å². The Kier molecular flexibility index (Phi) is 7.50. The molecule has 0 spiro atoms. The molecule has 0 aliphatic carbocycles. The number of piperazine rings is 1. The van der Waals surface area contributed by atoms with Crippen LogP contribution in [0, 0.1) is 5.92 Å². The van der Waals surface area contributed by atoms with E-state index in [9.17, 15) is 14.4 Å². The lowest BCUT2D eigenvalue weighted by Gasteiger charge is -2.36. The van der Waals surface area contributed by atoms with Gasteiger partial charge in [0, 0.05) is 32.7 Å². The Morgan fingerprint density at radius 2 is 1.77 bits per heavy atom. The van der Waals surface area contributed by atoms with Gasteiger partial charge in [-0.15, -0.1) is 0 Å². The second-order valence-corrected chi connectivity index (χ2v) is 8.46. The zero-order valence-electron chi connectivity index (χ0n) is 18.2. The average molecular weight is 434 g/mol. The van der Waals surface area contributed by atoms with Crippen LogP contribution in [-0.4, -0.2) is 84.2 Å². The van der Waals surface area contributed by atoms with E-state index >= 15 is 0 Å². The summed E-state index contributed by atoms with van der Waals surface area (Å²) in [4.78, 5) is 40.4. The Balaban J connectivity index is 1.52. The van der Waals surface area contributed by atoms with Crippen LogP contribution in [0.1, 0.15) is 25.8 Å². The van der Waals surface area contributed by atoms with Gasteiger partial charge >= 0.3 is 5.97 Å². The highest BCUT2D eigenvalue weighted by molar-refractivity contribution is 5.95. The fraction of sp³-hybridized carbons (Fsp3) is 0.591. The van der Waals surface area contributed by atoms with Crippen molar-refractivity contribution in [2.75, 3.05) is 33.3 Å². The number of carboxylic acids is 1. The lowest BCUT2D eigenvalue weighted by molar-refractivity contribution is -0.138. The summed E-state index contributed by atoms with van der Waals surface area (Å²) in [5, 5.41) is 11.6. The van der Waals surface area contributed by atoms with Crippen LogP contribution in [0.3, 0.4) is 0 Å². The lowest BCUT2D eigenvalue weighted by Crippen LogP contribution is -2.55. The number of nitrogens with zero attached hydrogens (tertiary/aromatic N) is 2. The number of hydrogen-bond donors (Lipinski definition) is 2. The van der Waals surface area contributed by atoms with E-state index < -0.39 is 30.1 Å². The molecule has 2 fully saturated rings. The number of rotatable bonds is 9. The summed E-state index contributed by atoms with van der Waals surface area (Å²) >= 11 is 0. The second-order valence-electron chi connectivity index (χ2n) is 8.46. The molecule has 0 aromatic heterocycles. The number of epoxide rings is 1. The topological polar surface area (TPSA) is 112 Å². The lowest BCUT2D eigenvalue weighted by atomic mass is 10.0. The Morgan fingerprint density at radius 1 is 1.13 bits per heavy atom. The Morgan fingerprint density at radius 3 is 2.29 bits per heavy atom. The number of carbonyl (C=O) groups is 3. The molecule has 9 heteroatoms. The maximum absolute atomic E-state index is 13.1. The first-order chi connectivity index (χ1) is 14.8. The van der Waals surface area contributed by atoms with Gasteiger partial charge in [-0.3, -0.25) is 14.5 Å². The molecule has 31 heavy (non-hydrogen) atoms.